The minimum atomic E-state index is -0.0898. The lowest BCUT2D eigenvalue weighted by Crippen LogP contribution is -2.44. The summed E-state index contributed by atoms with van der Waals surface area (Å²) in [6.45, 7) is 1.53. The van der Waals surface area contributed by atoms with Crippen molar-refractivity contribution in [2.75, 3.05) is 20.2 Å². The fraction of sp³-hybridized carbons (Fsp3) is 0.917. The average Bonchev–Trinajstić information content (AvgIpc) is 2.69. The van der Waals surface area contributed by atoms with Crippen molar-refractivity contribution in [3.63, 3.8) is 0 Å². The summed E-state index contributed by atoms with van der Waals surface area (Å²) in [5.74, 6) is 0. The minimum absolute atomic E-state index is 0.0898. The first-order chi connectivity index (χ1) is 7.83. The average molecular weight is 226 g/mol. The predicted molar refractivity (Wildman–Crippen MR) is 62.4 cm³/mol. The standard InChI is InChI=1S/C12H22N2O2/c1-13-8-7-11-9-16-12(15)14(11)10-5-3-2-4-6-10/h10-11,13H,2-9H2,1H3. The van der Waals surface area contributed by atoms with Gasteiger partial charge in [0.15, 0.2) is 0 Å². The summed E-state index contributed by atoms with van der Waals surface area (Å²) in [7, 11) is 1.95. The Hall–Kier alpha value is -0.770. The van der Waals surface area contributed by atoms with E-state index in [1.807, 2.05) is 11.9 Å². The Balaban J connectivity index is 1.94. The third-order valence-corrected chi connectivity index (χ3v) is 3.70. The highest BCUT2D eigenvalue weighted by atomic mass is 16.6. The zero-order valence-corrected chi connectivity index (χ0v) is 10.1. The van der Waals surface area contributed by atoms with Crippen molar-refractivity contribution in [2.45, 2.75) is 50.6 Å². The van der Waals surface area contributed by atoms with E-state index in [0.29, 0.717) is 18.7 Å². The van der Waals surface area contributed by atoms with Crippen LogP contribution in [0.2, 0.25) is 0 Å². The summed E-state index contributed by atoms with van der Waals surface area (Å²) in [6, 6.07) is 0.730. The van der Waals surface area contributed by atoms with Crippen molar-refractivity contribution in [3.05, 3.63) is 0 Å². The number of rotatable bonds is 4. The maximum Gasteiger partial charge on any atom is 0.410 e. The van der Waals surface area contributed by atoms with Gasteiger partial charge in [-0.2, -0.15) is 0 Å². The van der Waals surface area contributed by atoms with Crippen LogP contribution in [-0.2, 0) is 4.74 Å². The molecule has 0 aromatic carbocycles. The second-order valence-corrected chi connectivity index (χ2v) is 4.82. The van der Waals surface area contributed by atoms with E-state index in [-0.39, 0.29) is 6.09 Å². The monoisotopic (exact) mass is 226 g/mol. The first kappa shape index (κ1) is 11.7. The van der Waals surface area contributed by atoms with Crippen LogP contribution in [0.15, 0.2) is 0 Å². The number of nitrogens with one attached hydrogen (secondary N) is 1. The minimum Gasteiger partial charge on any atom is -0.447 e. The van der Waals surface area contributed by atoms with Crippen LogP contribution in [0, 0.1) is 0 Å². The molecule has 2 rings (SSSR count). The van der Waals surface area contributed by atoms with E-state index >= 15 is 0 Å². The van der Waals surface area contributed by atoms with E-state index in [0.717, 1.165) is 25.8 Å². The number of hydrogen-bond acceptors (Lipinski definition) is 3. The van der Waals surface area contributed by atoms with E-state index in [2.05, 4.69) is 5.32 Å². The summed E-state index contributed by atoms with van der Waals surface area (Å²) in [6.07, 6.45) is 7.06. The molecule has 1 heterocycles. The molecule has 1 unspecified atom stereocenters. The quantitative estimate of drug-likeness (QED) is 0.794. The zero-order chi connectivity index (χ0) is 11.4. The summed E-state index contributed by atoms with van der Waals surface area (Å²) in [4.78, 5) is 13.7. The summed E-state index contributed by atoms with van der Waals surface area (Å²) >= 11 is 0. The maximum absolute atomic E-state index is 11.7. The second-order valence-electron chi connectivity index (χ2n) is 4.82. The SMILES string of the molecule is CNCCC1COC(=O)N1C1CCCCC1. The van der Waals surface area contributed by atoms with Crippen LogP contribution >= 0.6 is 0 Å². The van der Waals surface area contributed by atoms with Gasteiger partial charge in [0.05, 0.1) is 6.04 Å². The molecule has 0 bridgehead atoms. The van der Waals surface area contributed by atoms with Gasteiger partial charge in [0, 0.05) is 6.04 Å². The summed E-state index contributed by atoms with van der Waals surface area (Å²) < 4.78 is 5.19. The van der Waals surface area contributed by atoms with E-state index < -0.39 is 0 Å². The van der Waals surface area contributed by atoms with E-state index in [4.69, 9.17) is 4.74 Å². The van der Waals surface area contributed by atoms with Gasteiger partial charge < -0.3 is 10.1 Å². The van der Waals surface area contributed by atoms with Gasteiger partial charge in [-0.1, -0.05) is 19.3 Å². The van der Waals surface area contributed by atoms with Crippen molar-refractivity contribution >= 4 is 6.09 Å². The van der Waals surface area contributed by atoms with Crippen LogP contribution in [0.5, 0.6) is 0 Å². The van der Waals surface area contributed by atoms with Crippen molar-refractivity contribution in [2.24, 2.45) is 0 Å². The van der Waals surface area contributed by atoms with Crippen LogP contribution in [0.3, 0.4) is 0 Å². The molecule has 0 aromatic rings. The summed E-state index contributed by atoms with van der Waals surface area (Å²) in [5, 5.41) is 3.14. The van der Waals surface area contributed by atoms with Gasteiger partial charge in [-0.3, -0.25) is 4.90 Å². The fourth-order valence-electron chi connectivity index (χ4n) is 2.81. The molecule has 1 aliphatic carbocycles. The molecule has 2 aliphatic rings. The lowest BCUT2D eigenvalue weighted by atomic mass is 9.93. The molecule has 1 aliphatic heterocycles. The van der Waals surface area contributed by atoms with Crippen molar-refractivity contribution in [1.29, 1.82) is 0 Å². The Bertz CT molecular complexity index is 239. The van der Waals surface area contributed by atoms with E-state index in [1.165, 1.54) is 19.3 Å². The Kier molecular flexibility index (Phi) is 4.04. The number of nitrogens with zero attached hydrogens (tertiary/aromatic N) is 1. The number of hydrogen-bond donors (Lipinski definition) is 1. The normalized spacial score (nSPS) is 27.2. The molecule has 1 amide bonds. The Morgan fingerprint density at radius 2 is 2.12 bits per heavy atom. The molecular formula is C12H22N2O2. The molecule has 2 fully saturated rings. The smallest absolute Gasteiger partial charge is 0.410 e. The number of amides is 1. The van der Waals surface area contributed by atoms with Gasteiger partial charge in [0.2, 0.25) is 0 Å². The van der Waals surface area contributed by atoms with Gasteiger partial charge in [-0.05, 0) is 32.9 Å². The van der Waals surface area contributed by atoms with Crippen molar-refractivity contribution in [3.8, 4) is 0 Å². The summed E-state index contributed by atoms with van der Waals surface area (Å²) in [5.41, 5.74) is 0. The highest BCUT2D eigenvalue weighted by Gasteiger charge is 2.37. The molecule has 1 atom stereocenters. The number of carbonyl (C=O) groups excluding carboxylic acids is 1. The van der Waals surface area contributed by atoms with Crippen molar-refractivity contribution < 1.29 is 9.53 Å². The van der Waals surface area contributed by atoms with Gasteiger partial charge >= 0.3 is 6.09 Å². The number of carbonyl (C=O) groups is 1. The maximum atomic E-state index is 11.7. The van der Waals surface area contributed by atoms with Crippen LogP contribution < -0.4 is 5.32 Å². The lowest BCUT2D eigenvalue weighted by molar-refractivity contribution is 0.130. The van der Waals surface area contributed by atoms with Crippen LogP contribution in [0.4, 0.5) is 4.79 Å². The lowest BCUT2D eigenvalue weighted by Gasteiger charge is -2.33. The molecule has 0 spiro atoms. The first-order valence-electron chi connectivity index (χ1n) is 6.42. The molecule has 0 radical (unpaired) electrons. The van der Waals surface area contributed by atoms with Crippen LogP contribution in [0.1, 0.15) is 38.5 Å². The Labute approximate surface area is 97.3 Å². The number of ether oxygens (including phenoxy) is 1. The molecule has 4 nitrogen and oxygen atoms in total. The third-order valence-electron chi connectivity index (χ3n) is 3.70. The van der Waals surface area contributed by atoms with Gasteiger partial charge in [-0.25, -0.2) is 4.79 Å². The second kappa shape index (κ2) is 5.53. The van der Waals surface area contributed by atoms with Crippen molar-refractivity contribution in [1.82, 2.24) is 10.2 Å². The molecular weight excluding hydrogens is 204 g/mol. The molecule has 1 saturated heterocycles. The highest BCUT2D eigenvalue weighted by molar-refractivity contribution is 5.70. The van der Waals surface area contributed by atoms with Gasteiger partial charge in [0.1, 0.15) is 6.61 Å². The third kappa shape index (κ3) is 2.48. The Morgan fingerprint density at radius 1 is 1.38 bits per heavy atom. The van der Waals surface area contributed by atoms with Crippen LogP contribution in [0.25, 0.3) is 0 Å². The first-order valence-corrected chi connectivity index (χ1v) is 6.42. The molecule has 4 heteroatoms. The van der Waals surface area contributed by atoms with Crippen LogP contribution in [-0.4, -0.2) is 43.3 Å². The number of cyclic esters (lactones) is 1. The molecule has 16 heavy (non-hydrogen) atoms. The fourth-order valence-corrected chi connectivity index (χ4v) is 2.81. The molecule has 0 aromatic heterocycles. The van der Waals surface area contributed by atoms with Gasteiger partial charge in [0.25, 0.3) is 0 Å². The molecule has 1 N–H and O–H groups in total. The topological polar surface area (TPSA) is 41.6 Å². The zero-order valence-electron chi connectivity index (χ0n) is 10.1. The molecule has 1 saturated carbocycles. The largest absolute Gasteiger partial charge is 0.447 e. The Morgan fingerprint density at radius 3 is 2.81 bits per heavy atom. The van der Waals surface area contributed by atoms with Gasteiger partial charge in [-0.15, -0.1) is 0 Å². The van der Waals surface area contributed by atoms with E-state index in [9.17, 15) is 4.79 Å². The highest BCUT2D eigenvalue weighted by Crippen LogP contribution is 2.28. The molecule has 92 valence electrons. The predicted octanol–water partition coefficient (Wildman–Crippen LogP) is 1.75. The van der Waals surface area contributed by atoms with E-state index in [1.54, 1.807) is 0 Å².